The molecule has 8 nitrogen and oxygen atoms in total. The van der Waals surface area contributed by atoms with Crippen LogP contribution in [-0.2, 0) is 10.3 Å². The Balaban J connectivity index is 1.28. The molecule has 2 aliphatic rings. The van der Waals surface area contributed by atoms with E-state index in [0.717, 1.165) is 22.7 Å². The Morgan fingerprint density at radius 2 is 1.94 bits per heavy atom. The highest BCUT2D eigenvalue weighted by atomic mass is 19.1. The van der Waals surface area contributed by atoms with Crippen molar-refractivity contribution in [1.82, 2.24) is 20.5 Å². The molecule has 0 aliphatic carbocycles. The number of halogens is 1. The number of imide groups is 1. The maximum Gasteiger partial charge on any atom is 0.322 e. The maximum absolute atomic E-state index is 14.9. The molecule has 2 aromatic carbocycles. The molecule has 2 aliphatic heterocycles. The van der Waals surface area contributed by atoms with E-state index in [1.54, 1.807) is 4.90 Å². The van der Waals surface area contributed by atoms with E-state index in [9.17, 15) is 18.8 Å². The number of nitrogens with zero attached hydrogens (tertiary/aromatic N) is 2. The van der Waals surface area contributed by atoms with E-state index in [-0.39, 0.29) is 17.0 Å². The number of fused-ring (bicyclic) bond motifs is 1. The Bertz CT molecular complexity index is 1290. The molecule has 5 rings (SSSR count). The van der Waals surface area contributed by atoms with Crippen LogP contribution in [0.15, 0.2) is 40.8 Å². The number of aryl methyl sites for hydroxylation is 1. The number of nitrogens with one attached hydrogen (secondary N) is 2. The maximum atomic E-state index is 14.9. The Morgan fingerprint density at radius 1 is 1.18 bits per heavy atom. The van der Waals surface area contributed by atoms with Crippen molar-refractivity contribution < 1.29 is 23.2 Å². The van der Waals surface area contributed by atoms with Crippen LogP contribution >= 0.6 is 0 Å². The van der Waals surface area contributed by atoms with Crippen LogP contribution in [0.1, 0.15) is 53.1 Å². The van der Waals surface area contributed by atoms with Gasteiger partial charge in [0.15, 0.2) is 11.5 Å². The molecule has 0 unspecified atom stereocenters. The zero-order chi connectivity index (χ0) is 23.3. The van der Waals surface area contributed by atoms with Gasteiger partial charge in [-0.3, -0.25) is 14.9 Å². The average molecular weight is 450 g/mol. The first-order valence-corrected chi connectivity index (χ1v) is 10.8. The van der Waals surface area contributed by atoms with Crippen molar-refractivity contribution >= 4 is 28.9 Å². The summed E-state index contributed by atoms with van der Waals surface area (Å²) in [5.41, 5.74) is 1.50. The predicted molar refractivity (Wildman–Crippen MR) is 117 cm³/mol. The largest absolute Gasteiger partial charge is 0.440 e. The number of urea groups is 1. The van der Waals surface area contributed by atoms with Crippen LogP contribution in [0.4, 0.5) is 9.18 Å². The van der Waals surface area contributed by atoms with Gasteiger partial charge in [0, 0.05) is 19.0 Å². The van der Waals surface area contributed by atoms with Crippen LogP contribution in [0.25, 0.3) is 11.1 Å². The van der Waals surface area contributed by atoms with Gasteiger partial charge in [0.05, 0.1) is 5.56 Å². The normalized spacial score (nSPS) is 21.4. The van der Waals surface area contributed by atoms with Crippen molar-refractivity contribution in [1.29, 1.82) is 0 Å². The van der Waals surface area contributed by atoms with Gasteiger partial charge in [0.1, 0.15) is 16.9 Å². The third-order valence-electron chi connectivity index (χ3n) is 6.51. The van der Waals surface area contributed by atoms with E-state index in [2.05, 4.69) is 15.6 Å². The molecule has 33 heavy (non-hydrogen) atoms. The topological polar surface area (TPSA) is 105 Å². The zero-order valence-electron chi connectivity index (χ0n) is 18.3. The minimum absolute atomic E-state index is 0.0668. The van der Waals surface area contributed by atoms with Crippen molar-refractivity contribution in [3.8, 4) is 0 Å². The molecule has 1 atom stereocenters. The third kappa shape index (κ3) is 3.63. The summed E-state index contributed by atoms with van der Waals surface area (Å²) in [6.07, 6.45) is 1.34. The van der Waals surface area contributed by atoms with E-state index in [0.29, 0.717) is 31.8 Å². The Labute approximate surface area is 189 Å². The van der Waals surface area contributed by atoms with Gasteiger partial charge in [-0.15, -0.1) is 0 Å². The van der Waals surface area contributed by atoms with Crippen LogP contribution < -0.4 is 10.6 Å². The lowest BCUT2D eigenvalue weighted by Gasteiger charge is -2.31. The summed E-state index contributed by atoms with van der Waals surface area (Å²) >= 11 is 0. The molecule has 9 heteroatoms. The molecular weight excluding hydrogens is 427 g/mol. The van der Waals surface area contributed by atoms with Crippen LogP contribution in [0.5, 0.6) is 0 Å². The van der Waals surface area contributed by atoms with Gasteiger partial charge in [-0.2, -0.15) is 0 Å². The van der Waals surface area contributed by atoms with Crippen LogP contribution in [0.2, 0.25) is 0 Å². The van der Waals surface area contributed by atoms with Crippen molar-refractivity contribution in [2.45, 2.75) is 38.1 Å². The number of aromatic nitrogens is 1. The van der Waals surface area contributed by atoms with Crippen molar-refractivity contribution in [3.63, 3.8) is 0 Å². The SMILES string of the molecule is Cc1ccc2nc(C3CCN(C(=O)c4ccc([C@@]5(C)NC(=O)NC5=O)cc4F)CC3)oc2c1. The summed E-state index contributed by atoms with van der Waals surface area (Å²) in [5, 5.41) is 4.64. The standard InChI is InChI=1S/C24H23FN4O4/c1-13-3-6-18-19(11-13)33-20(26-18)14-7-9-29(10-8-14)21(30)16-5-4-15(12-17(16)25)24(2)22(31)27-23(32)28-24/h3-6,11-12,14H,7-10H2,1-2H3,(H2,27,28,31,32)/t24-/m1/s1. The van der Waals surface area contributed by atoms with E-state index in [4.69, 9.17) is 4.42 Å². The molecule has 4 amide bonds. The summed E-state index contributed by atoms with van der Waals surface area (Å²) < 4.78 is 20.8. The summed E-state index contributed by atoms with van der Waals surface area (Å²) in [7, 11) is 0. The summed E-state index contributed by atoms with van der Waals surface area (Å²) in [5.74, 6) is -0.941. The number of piperidine rings is 1. The Morgan fingerprint density at radius 3 is 2.61 bits per heavy atom. The quantitative estimate of drug-likeness (QED) is 0.596. The van der Waals surface area contributed by atoms with E-state index >= 15 is 0 Å². The van der Waals surface area contributed by atoms with Gasteiger partial charge in [-0.1, -0.05) is 12.1 Å². The number of carbonyl (C=O) groups excluding carboxylic acids is 3. The first kappa shape index (κ1) is 21.1. The molecule has 0 radical (unpaired) electrons. The average Bonchev–Trinajstić information content (AvgIpc) is 3.33. The van der Waals surface area contributed by atoms with Gasteiger partial charge in [0.25, 0.3) is 11.8 Å². The summed E-state index contributed by atoms with van der Waals surface area (Å²) in [6.45, 7) is 4.40. The molecule has 3 aromatic rings. The molecule has 0 bridgehead atoms. The van der Waals surface area contributed by atoms with Crippen molar-refractivity contribution in [2.75, 3.05) is 13.1 Å². The highest BCUT2D eigenvalue weighted by Gasteiger charge is 2.44. The molecule has 2 N–H and O–H groups in total. The number of hydrogen-bond donors (Lipinski definition) is 2. The highest BCUT2D eigenvalue weighted by molar-refractivity contribution is 6.07. The number of hydrogen-bond acceptors (Lipinski definition) is 5. The Hall–Kier alpha value is -3.75. The fourth-order valence-electron chi connectivity index (χ4n) is 4.47. The van der Waals surface area contributed by atoms with Gasteiger partial charge in [-0.25, -0.2) is 14.2 Å². The summed E-state index contributed by atoms with van der Waals surface area (Å²) in [6, 6.07) is 9.23. The minimum Gasteiger partial charge on any atom is -0.440 e. The van der Waals surface area contributed by atoms with Crippen LogP contribution in [-0.4, -0.2) is 40.8 Å². The first-order chi connectivity index (χ1) is 15.7. The van der Waals surface area contributed by atoms with Gasteiger partial charge >= 0.3 is 6.03 Å². The second-order valence-electron chi connectivity index (χ2n) is 8.82. The van der Waals surface area contributed by atoms with Crippen molar-refractivity contribution in [3.05, 3.63) is 64.8 Å². The highest BCUT2D eigenvalue weighted by Crippen LogP contribution is 2.32. The molecule has 0 saturated carbocycles. The molecule has 170 valence electrons. The molecule has 3 heterocycles. The van der Waals surface area contributed by atoms with Gasteiger partial charge < -0.3 is 14.6 Å². The van der Waals surface area contributed by atoms with Gasteiger partial charge in [-0.05, 0) is 62.1 Å². The second kappa shape index (κ2) is 7.68. The molecule has 2 saturated heterocycles. The first-order valence-electron chi connectivity index (χ1n) is 10.8. The third-order valence-corrected chi connectivity index (χ3v) is 6.51. The number of carbonyl (C=O) groups is 3. The number of benzene rings is 2. The van der Waals surface area contributed by atoms with E-state index < -0.39 is 29.2 Å². The number of rotatable bonds is 3. The van der Waals surface area contributed by atoms with Crippen LogP contribution in [0.3, 0.4) is 0 Å². The van der Waals surface area contributed by atoms with Crippen molar-refractivity contribution in [2.24, 2.45) is 0 Å². The summed E-state index contributed by atoms with van der Waals surface area (Å²) in [4.78, 5) is 42.8. The zero-order valence-corrected chi connectivity index (χ0v) is 18.3. The second-order valence-corrected chi connectivity index (χ2v) is 8.82. The number of oxazole rings is 1. The fraction of sp³-hybridized carbons (Fsp3) is 0.333. The van der Waals surface area contributed by atoms with Gasteiger partial charge in [0.2, 0.25) is 0 Å². The monoisotopic (exact) mass is 450 g/mol. The molecular formula is C24H23FN4O4. The van der Waals surface area contributed by atoms with E-state index in [1.807, 2.05) is 25.1 Å². The molecule has 0 spiro atoms. The molecule has 2 fully saturated rings. The lowest BCUT2D eigenvalue weighted by atomic mass is 9.91. The molecule has 1 aromatic heterocycles. The predicted octanol–water partition coefficient (Wildman–Crippen LogP) is 3.35. The Kier molecular flexibility index (Phi) is 4.92. The minimum atomic E-state index is -1.38. The van der Waals surface area contributed by atoms with Crippen LogP contribution in [0, 0.1) is 12.7 Å². The lowest BCUT2D eigenvalue weighted by molar-refractivity contribution is -0.123. The number of likely N-dealkylation sites (tertiary alicyclic amines) is 1. The lowest BCUT2D eigenvalue weighted by Crippen LogP contribution is -2.41. The van der Waals surface area contributed by atoms with E-state index in [1.165, 1.54) is 19.1 Å². The smallest absolute Gasteiger partial charge is 0.322 e. The fourth-order valence-corrected chi connectivity index (χ4v) is 4.47. The number of amides is 4.